The van der Waals surface area contributed by atoms with Crippen molar-refractivity contribution in [3.8, 4) is 0 Å². The van der Waals surface area contributed by atoms with E-state index in [-0.39, 0.29) is 17.4 Å². The number of nitrogens with zero attached hydrogens (tertiary/aromatic N) is 1. The van der Waals surface area contributed by atoms with E-state index in [1.807, 2.05) is 18.2 Å². The van der Waals surface area contributed by atoms with Gasteiger partial charge in [-0.05, 0) is 24.5 Å². The third-order valence-corrected chi connectivity index (χ3v) is 4.54. The summed E-state index contributed by atoms with van der Waals surface area (Å²) in [6.45, 7) is 4.88. The number of carbonyl (C=O) groups excluding carboxylic acids is 2. The molecule has 2 aliphatic heterocycles. The first-order valence-electron chi connectivity index (χ1n) is 7.45. The van der Waals surface area contributed by atoms with E-state index in [0.29, 0.717) is 25.2 Å². The van der Waals surface area contributed by atoms with Crippen LogP contribution in [0, 0.1) is 0 Å². The molecule has 0 radical (unpaired) electrons. The second kappa shape index (κ2) is 5.57. The fourth-order valence-corrected chi connectivity index (χ4v) is 3.09. The summed E-state index contributed by atoms with van der Waals surface area (Å²) in [6.07, 6.45) is 3.15. The average Bonchev–Trinajstić information content (AvgIpc) is 2.51. The highest BCUT2D eigenvalue weighted by Gasteiger charge is 2.46. The van der Waals surface area contributed by atoms with E-state index in [4.69, 9.17) is 4.74 Å². The summed E-state index contributed by atoms with van der Waals surface area (Å²) in [4.78, 5) is 26.6. The molecule has 5 nitrogen and oxygen atoms in total. The van der Waals surface area contributed by atoms with Crippen molar-refractivity contribution in [2.45, 2.75) is 24.4 Å². The van der Waals surface area contributed by atoms with E-state index in [1.165, 1.54) is 4.90 Å². The molecule has 0 bridgehead atoms. The Hall–Kier alpha value is -2.14. The van der Waals surface area contributed by atoms with Crippen LogP contribution in [0.1, 0.15) is 28.8 Å². The number of benzene rings is 1. The fourth-order valence-electron chi connectivity index (χ4n) is 3.09. The van der Waals surface area contributed by atoms with Gasteiger partial charge in [0.25, 0.3) is 5.91 Å². The molecule has 116 valence electrons. The largest absolute Gasteiger partial charge is 0.376 e. The Morgan fingerprint density at radius 1 is 1.45 bits per heavy atom. The molecule has 2 amide bonds. The third kappa shape index (κ3) is 2.41. The standard InChI is InChI=1S/C17H20N2O3/c1-3-12-6-4-5-7-13(12)16(21)19(2)14-8-9-17(10-22-11-17)18-15(14)20/h3-7,14H,1,8-11H2,2H3,(H,18,20). The van der Waals surface area contributed by atoms with Gasteiger partial charge in [-0.25, -0.2) is 0 Å². The van der Waals surface area contributed by atoms with Crippen LogP contribution in [0.3, 0.4) is 0 Å². The Morgan fingerprint density at radius 2 is 2.18 bits per heavy atom. The van der Waals surface area contributed by atoms with Gasteiger partial charge >= 0.3 is 0 Å². The van der Waals surface area contributed by atoms with Gasteiger partial charge in [0, 0.05) is 12.6 Å². The van der Waals surface area contributed by atoms with Crippen LogP contribution in [0.15, 0.2) is 30.8 Å². The lowest BCUT2D eigenvalue weighted by Gasteiger charge is -2.47. The summed E-state index contributed by atoms with van der Waals surface area (Å²) in [6, 6.07) is 6.85. The summed E-state index contributed by atoms with van der Waals surface area (Å²) >= 11 is 0. The molecular formula is C17H20N2O3. The maximum absolute atomic E-state index is 12.7. The Balaban J connectivity index is 1.76. The minimum absolute atomic E-state index is 0.0958. The van der Waals surface area contributed by atoms with Gasteiger partial charge in [0.15, 0.2) is 0 Å². The lowest BCUT2D eigenvalue weighted by atomic mass is 9.84. The number of piperidine rings is 1. The molecule has 0 aromatic heterocycles. The van der Waals surface area contributed by atoms with Gasteiger partial charge in [-0.15, -0.1) is 0 Å². The van der Waals surface area contributed by atoms with Crippen LogP contribution in [0.4, 0.5) is 0 Å². The second-order valence-corrected chi connectivity index (χ2v) is 6.02. The Labute approximate surface area is 129 Å². The van der Waals surface area contributed by atoms with Crippen molar-refractivity contribution in [1.82, 2.24) is 10.2 Å². The van der Waals surface area contributed by atoms with E-state index in [1.54, 1.807) is 19.2 Å². The topological polar surface area (TPSA) is 58.6 Å². The molecule has 1 spiro atoms. The zero-order valence-electron chi connectivity index (χ0n) is 12.7. The SMILES string of the molecule is C=Cc1ccccc1C(=O)N(C)C1CCC2(COC2)NC1=O. The van der Waals surface area contributed by atoms with Crippen LogP contribution < -0.4 is 5.32 Å². The van der Waals surface area contributed by atoms with Crippen LogP contribution in [-0.4, -0.2) is 48.6 Å². The zero-order chi connectivity index (χ0) is 15.7. The molecule has 2 heterocycles. The first-order valence-corrected chi connectivity index (χ1v) is 7.45. The normalized spacial score (nSPS) is 22.6. The number of likely N-dealkylation sites (N-methyl/N-ethyl adjacent to an activating group) is 1. The number of carbonyl (C=O) groups is 2. The number of nitrogens with one attached hydrogen (secondary N) is 1. The summed E-state index contributed by atoms with van der Waals surface area (Å²) in [5.41, 5.74) is 1.15. The minimum atomic E-state index is -0.434. The third-order valence-electron chi connectivity index (χ3n) is 4.54. The smallest absolute Gasteiger partial charge is 0.254 e. The number of rotatable bonds is 3. The van der Waals surface area contributed by atoms with Crippen molar-refractivity contribution in [3.63, 3.8) is 0 Å². The fraction of sp³-hybridized carbons (Fsp3) is 0.412. The Bertz CT molecular complexity index is 622. The maximum Gasteiger partial charge on any atom is 0.254 e. The van der Waals surface area contributed by atoms with Gasteiger partial charge in [-0.2, -0.15) is 0 Å². The molecule has 3 rings (SSSR count). The van der Waals surface area contributed by atoms with Crippen LogP contribution in [0.2, 0.25) is 0 Å². The number of hydrogen-bond acceptors (Lipinski definition) is 3. The Kier molecular flexibility index (Phi) is 3.74. The first-order chi connectivity index (χ1) is 10.6. The molecule has 1 aromatic rings. The first kappa shape index (κ1) is 14.8. The lowest BCUT2D eigenvalue weighted by Crippen LogP contribution is -2.68. The van der Waals surface area contributed by atoms with Crippen molar-refractivity contribution < 1.29 is 14.3 Å². The van der Waals surface area contributed by atoms with Crippen molar-refractivity contribution >= 4 is 17.9 Å². The summed E-state index contributed by atoms with van der Waals surface area (Å²) in [5, 5.41) is 3.02. The minimum Gasteiger partial charge on any atom is -0.376 e. The Morgan fingerprint density at radius 3 is 2.77 bits per heavy atom. The van der Waals surface area contributed by atoms with E-state index in [2.05, 4.69) is 11.9 Å². The molecule has 0 saturated carbocycles. The van der Waals surface area contributed by atoms with Gasteiger partial charge in [0.1, 0.15) is 6.04 Å². The molecule has 1 aromatic carbocycles. The molecule has 1 N–H and O–H groups in total. The number of hydrogen-bond donors (Lipinski definition) is 1. The van der Waals surface area contributed by atoms with Crippen LogP contribution >= 0.6 is 0 Å². The molecule has 5 heteroatoms. The van der Waals surface area contributed by atoms with Gasteiger partial charge in [0.05, 0.1) is 18.8 Å². The van der Waals surface area contributed by atoms with Crippen molar-refractivity contribution in [3.05, 3.63) is 42.0 Å². The number of amides is 2. The van der Waals surface area contributed by atoms with E-state index < -0.39 is 6.04 Å². The average molecular weight is 300 g/mol. The molecule has 0 aliphatic carbocycles. The van der Waals surface area contributed by atoms with Gasteiger partial charge in [-0.3, -0.25) is 9.59 Å². The highest BCUT2D eigenvalue weighted by molar-refractivity contribution is 6.00. The van der Waals surface area contributed by atoms with Gasteiger partial charge < -0.3 is 15.0 Å². The van der Waals surface area contributed by atoms with Crippen LogP contribution in [0.5, 0.6) is 0 Å². The maximum atomic E-state index is 12.7. The predicted octanol–water partition coefficient (Wildman–Crippen LogP) is 1.45. The summed E-state index contributed by atoms with van der Waals surface area (Å²) in [7, 11) is 1.68. The van der Waals surface area contributed by atoms with Gasteiger partial charge in [0.2, 0.25) is 5.91 Å². The van der Waals surface area contributed by atoms with Crippen molar-refractivity contribution in [1.29, 1.82) is 0 Å². The molecule has 2 aliphatic rings. The quantitative estimate of drug-likeness (QED) is 0.919. The molecule has 1 atom stereocenters. The number of ether oxygens (including phenoxy) is 1. The molecule has 2 saturated heterocycles. The van der Waals surface area contributed by atoms with E-state index in [0.717, 1.165) is 12.0 Å². The lowest BCUT2D eigenvalue weighted by molar-refractivity contribution is -0.144. The second-order valence-electron chi connectivity index (χ2n) is 6.02. The van der Waals surface area contributed by atoms with E-state index in [9.17, 15) is 9.59 Å². The van der Waals surface area contributed by atoms with Crippen molar-refractivity contribution in [2.75, 3.05) is 20.3 Å². The molecule has 2 fully saturated rings. The van der Waals surface area contributed by atoms with Crippen LogP contribution in [0.25, 0.3) is 6.08 Å². The monoisotopic (exact) mass is 300 g/mol. The van der Waals surface area contributed by atoms with Crippen LogP contribution in [-0.2, 0) is 9.53 Å². The summed E-state index contributed by atoms with van der Waals surface area (Å²) < 4.78 is 5.20. The highest BCUT2D eigenvalue weighted by Crippen LogP contribution is 2.29. The van der Waals surface area contributed by atoms with Gasteiger partial charge in [-0.1, -0.05) is 30.9 Å². The molecule has 22 heavy (non-hydrogen) atoms. The van der Waals surface area contributed by atoms with Crippen molar-refractivity contribution in [2.24, 2.45) is 0 Å². The highest BCUT2D eigenvalue weighted by atomic mass is 16.5. The molecular weight excluding hydrogens is 280 g/mol. The molecule has 1 unspecified atom stereocenters. The zero-order valence-corrected chi connectivity index (χ0v) is 12.7. The summed E-state index contributed by atoms with van der Waals surface area (Å²) in [5.74, 6) is -0.252. The van der Waals surface area contributed by atoms with E-state index >= 15 is 0 Å². The predicted molar refractivity (Wildman–Crippen MR) is 83.3 cm³/mol.